The van der Waals surface area contributed by atoms with Crippen molar-refractivity contribution in [3.05, 3.63) is 47.8 Å². The maximum Gasteiger partial charge on any atom is 0.255 e. The first-order chi connectivity index (χ1) is 11.8. The van der Waals surface area contributed by atoms with Gasteiger partial charge in [-0.3, -0.25) is 9.48 Å². The highest BCUT2D eigenvalue weighted by atomic mass is 32.2. The van der Waals surface area contributed by atoms with E-state index in [9.17, 15) is 13.2 Å². The third-order valence-electron chi connectivity index (χ3n) is 3.80. The first kappa shape index (κ1) is 17.1. The van der Waals surface area contributed by atoms with Gasteiger partial charge in [0.1, 0.15) is 0 Å². The Morgan fingerprint density at radius 2 is 2.00 bits per heavy atom. The molecule has 3 rings (SSSR count). The van der Waals surface area contributed by atoms with Gasteiger partial charge in [0.05, 0.1) is 22.5 Å². The van der Waals surface area contributed by atoms with E-state index in [1.807, 2.05) is 6.92 Å². The highest BCUT2D eigenvalue weighted by Crippen LogP contribution is 2.20. The quantitative estimate of drug-likeness (QED) is 0.733. The van der Waals surface area contributed by atoms with Crippen molar-refractivity contribution in [1.29, 1.82) is 0 Å². The summed E-state index contributed by atoms with van der Waals surface area (Å²) in [7, 11) is -0.494. The van der Waals surface area contributed by atoms with Gasteiger partial charge in [0.15, 0.2) is 5.65 Å². The van der Waals surface area contributed by atoms with E-state index in [4.69, 9.17) is 0 Å². The zero-order chi connectivity index (χ0) is 18.2. The predicted octanol–water partition coefficient (Wildman–Crippen LogP) is 1.44. The molecule has 9 heteroatoms. The van der Waals surface area contributed by atoms with E-state index in [1.165, 1.54) is 31.4 Å². The molecule has 0 fully saturated rings. The highest BCUT2D eigenvalue weighted by molar-refractivity contribution is 7.89. The fourth-order valence-corrected chi connectivity index (χ4v) is 3.28. The summed E-state index contributed by atoms with van der Waals surface area (Å²) in [5.41, 5.74) is 2.27. The van der Waals surface area contributed by atoms with Crippen molar-refractivity contribution < 1.29 is 13.2 Å². The number of nitrogens with one attached hydrogen (secondary N) is 2. The number of carbonyl (C=O) groups is 1. The summed E-state index contributed by atoms with van der Waals surface area (Å²) in [6.07, 6.45) is 1.54. The summed E-state index contributed by atoms with van der Waals surface area (Å²) in [5.74, 6) is -0.421. The molecule has 0 aliphatic heterocycles. The maximum absolute atomic E-state index is 12.4. The molecular formula is C16H17N5O3S. The number of aryl methyl sites for hydroxylation is 2. The van der Waals surface area contributed by atoms with Crippen LogP contribution < -0.4 is 10.0 Å². The number of rotatable bonds is 4. The van der Waals surface area contributed by atoms with Crippen molar-refractivity contribution in [2.24, 2.45) is 7.05 Å². The lowest BCUT2D eigenvalue weighted by Gasteiger charge is -2.07. The Labute approximate surface area is 144 Å². The lowest BCUT2D eigenvalue weighted by atomic mass is 10.2. The topological polar surface area (TPSA) is 106 Å². The second-order valence-corrected chi connectivity index (χ2v) is 7.38. The molecule has 130 valence electrons. The van der Waals surface area contributed by atoms with E-state index in [0.717, 1.165) is 16.7 Å². The summed E-state index contributed by atoms with van der Waals surface area (Å²) < 4.78 is 27.6. The van der Waals surface area contributed by atoms with E-state index in [1.54, 1.807) is 23.9 Å². The van der Waals surface area contributed by atoms with Crippen LogP contribution in [0.15, 0.2) is 41.4 Å². The van der Waals surface area contributed by atoms with E-state index >= 15 is 0 Å². The second-order valence-electron chi connectivity index (χ2n) is 5.49. The van der Waals surface area contributed by atoms with Crippen molar-refractivity contribution >= 4 is 32.7 Å². The van der Waals surface area contributed by atoms with Crippen LogP contribution in [0.5, 0.6) is 0 Å². The first-order valence-corrected chi connectivity index (χ1v) is 8.94. The first-order valence-electron chi connectivity index (χ1n) is 7.46. The van der Waals surface area contributed by atoms with Gasteiger partial charge in [-0.1, -0.05) is 6.07 Å². The van der Waals surface area contributed by atoms with E-state index in [0.29, 0.717) is 5.69 Å². The van der Waals surface area contributed by atoms with Gasteiger partial charge >= 0.3 is 0 Å². The molecule has 2 heterocycles. The number of hydrogen-bond donors (Lipinski definition) is 2. The maximum atomic E-state index is 12.4. The van der Waals surface area contributed by atoms with Gasteiger partial charge in [-0.05, 0) is 38.2 Å². The Bertz CT molecular complexity index is 1070. The van der Waals surface area contributed by atoms with Crippen LogP contribution in [0.3, 0.4) is 0 Å². The van der Waals surface area contributed by atoms with E-state index in [-0.39, 0.29) is 10.5 Å². The number of anilines is 1. The Balaban J connectivity index is 1.90. The molecule has 2 N–H and O–H groups in total. The summed E-state index contributed by atoms with van der Waals surface area (Å²) in [5, 5.41) is 7.85. The average molecular weight is 359 g/mol. The third-order valence-corrected chi connectivity index (χ3v) is 5.21. The van der Waals surface area contributed by atoms with Crippen molar-refractivity contribution in [3.63, 3.8) is 0 Å². The highest BCUT2D eigenvalue weighted by Gasteiger charge is 2.15. The lowest BCUT2D eigenvalue weighted by molar-refractivity contribution is 0.102. The van der Waals surface area contributed by atoms with Crippen LogP contribution >= 0.6 is 0 Å². The molecule has 1 amide bonds. The van der Waals surface area contributed by atoms with Gasteiger partial charge < -0.3 is 5.32 Å². The van der Waals surface area contributed by atoms with Crippen LogP contribution in [0.25, 0.3) is 11.0 Å². The summed E-state index contributed by atoms with van der Waals surface area (Å²) in [6, 6.07) is 7.60. The molecule has 0 saturated heterocycles. The number of amides is 1. The Hall–Kier alpha value is -2.78. The van der Waals surface area contributed by atoms with Crippen LogP contribution in [-0.2, 0) is 17.1 Å². The fraction of sp³-hybridized carbons (Fsp3) is 0.188. The minimum absolute atomic E-state index is 0.0272. The number of hydrogen-bond acceptors (Lipinski definition) is 5. The van der Waals surface area contributed by atoms with Gasteiger partial charge in [-0.2, -0.15) is 5.10 Å². The number of aromatic nitrogens is 3. The Kier molecular flexibility index (Phi) is 4.27. The van der Waals surface area contributed by atoms with Crippen LogP contribution in [0, 0.1) is 6.92 Å². The molecule has 1 aromatic carbocycles. The van der Waals surface area contributed by atoms with Crippen molar-refractivity contribution in [2.75, 3.05) is 12.4 Å². The SMILES string of the molecule is CNS(=O)(=O)c1cccc(C(=O)Nc2cnc3c(c2)c(C)nn3C)c1. The Morgan fingerprint density at radius 1 is 1.24 bits per heavy atom. The van der Waals surface area contributed by atoms with Crippen LogP contribution in [0.1, 0.15) is 16.1 Å². The van der Waals surface area contributed by atoms with Crippen molar-refractivity contribution in [1.82, 2.24) is 19.5 Å². The molecule has 0 saturated carbocycles. The van der Waals surface area contributed by atoms with Crippen molar-refractivity contribution in [3.8, 4) is 0 Å². The molecule has 0 atom stereocenters. The van der Waals surface area contributed by atoms with Crippen molar-refractivity contribution in [2.45, 2.75) is 11.8 Å². The van der Waals surface area contributed by atoms with Crippen LogP contribution in [0.2, 0.25) is 0 Å². The number of sulfonamides is 1. The number of benzene rings is 1. The molecule has 3 aromatic rings. The minimum Gasteiger partial charge on any atom is -0.321 e. The summed E-state index contributed by atoms with van der Waals surface area (Å²) in [6.45, 7) is 1.86. The molecule has 0 radical (unpaired) electrons. The molecule has 0 aliphatic carbocycles. The lowest BCUT2D eigenvalue weighted by Crippen LogP contribution is -2.19. The predicted molar refractivity (Wildman–Crippen MR) is 93.9 cm³/mol. The zero-order valence-corrected chi connectivity index (χ0v) is 14.8. The van der Waals surface area contributed by atoms with E-state index < -0.39 is 15.9 Å². The smallest absolute Gasteiger partial charge is 0.255 e. The Morgan fingerprint density at radius 3 is 2.72 bits per heavy atom. The second kappa shape index (κ2) is 6.26. The third kappa shape index (κ3) is 3.24. The van der Waals surface area contributed by atoms with Gasteiger partial charge in [-0.25, -0.2) is 18.1 Å². The number of fused-ring (bicyclic) bond motifs is 1. The van der Waals surface area contributed by atoms with Gasteiger partial charge in [-0.15, -0.1) is 0 Å². The zero-order valence-electron chi connectivity index (χ0n) is 13.9. The summed E-state index contributed by atoms with van der Waals surface area (Å²) >= 11 is 0. The van der Waals surface area contributed by atoms with Gasteiger partial charge in [0.2, 0.25) is 10.0 Å². The van der Waals surface area contributed by atoms with E-state index in [2.05, 4.69) is 20.1 Å². The molecule has 2 aromatic heterocycles. The van der Waals surface area contributed by atoms with Gasteiger partial charge in [0.25, 0.3) is 5.91 Å². The van der Waals surface area contributed by atoms with Crippen LogP contribution in [0.4, 0.5) is 5.69 Å². The molecule has 0 spiro atoms. The number of carbonyl (C=O) groups excluding carboxylic acids is 1. The summed E-state index contributed by atoms with van der Waals surface area (Å²) in [4.78, 5) is 16.8. The number of nitrogens with zero attached hydrogens (tertiary/aromatic N) is 3. The van der Waals surface area contributed by atoms with Crippen LogP contribution in [-0.4, -0.2) is 36.1 Å². The fourth-order valence-electron chi connectivity index (χ4n) is 2.50. The largest absolute Gasteiger partial charge is 0.321 e. The van der Waals surface area contributed by atoms with Gasteiger partial charge in [0, 0.05) is 18.0 Å². The molecule has 0 unspecified atom stereocenters. The monoisotopic (exact) mass is 359 g/mol. The normalized spacial score (nSPS) is 11.6. The molecule has 8 nitrogen and oxygen atoms in total. The number of pyridine rings is 1. The molecule has 0 bridgehead atoms. The standard InChI is InChI=1S/C16H17N5O3S/c1-10-14-8-12(9-18-15(14)21(3)20-10)19-16(22)11-5-4-6-13(7-11)25(23,24)17-2/h4-9,17H,1-3H3,(H,19,22). The molecular weight excluding hydrogens is 342 g/mol. The minimum atomic E-state index is -3.61. The molecule has 25 heavy (non-hydrogen) atoms. The average Bonchev–Trinajstić information content (AvgIpc) is 2.89. The molecule has 0 aliphatic rings.